The summed E-state index contributed by atoms with van der Waals surface area (Å²) in [6.45, 7) is 4.81. The summed E-state index contributed by atoms with van der Waals surface area (Å²) in [6, 6.07) is 1.73. The van der Waals surface area contributed by atoms with Gasteiger partial charge in [-0.05, 0) is 32.8 Å². The Hall–Kier alpha value is -0.140. The van der Waals surface area contributed by atoms with Crippen LogP contribution in [0.4, 0.5) is 0 Å². The molecule has 2 rings (SSSR count). The monoisotopic (exact) mass is 310 g/mol. The van der Waals surface area contributed by atoms with Crippen molar-refractivity contribution in [1.82, 2.24) is 4.31 Å². The second-order valence-corrected chi connectivity index (χ2v) is 7.91. The van der Waals surface area contributed by atoms with Crippen molar-refractivity contribution in [2.45, 2.75) is 37.6 Å². The van der Waals surface area contributed by atoms with Crippen LogP contribution >= 0.6 is 23.7 Å². The Labute approximate surface area is 119 Å². The van der Waals surface area contributed by atoms with Gasteiger partial charge in [0.2, 0.25) is 10.0 Å². The Kier molecular flexibility index (Phi) is 5.20. The number of nitrogens with zero attached hydrogens (tertiary/aromatic N) is 1. The van der Waals surface area contributed by atoms with Gasteiger partial charge in [-0.15, -0.1) is 23.7 Å². The Bertz CT molecular complexity index is 513. The molecule has 0 aromatic carbocycles. The molecule has 1 fully saturated rings. The highest BCUT2D eigenvalue weighted by atomic mass is 35.5. The van der Waals surface area contributed by atoms with E-state index >= 15 is 0 Å². The molecule has 0 bridgehead atoms. The van der Waals surface area contributed by atoms with Gasteiger partial charge in [0.05, 0.1) is 4.90 Å². The minimum Gasteiger partial charge on any atom is -0.327 e. The highest BCUT2D eigenvalue weighted by Gasteiger charge is 2.30. The van der Waals surface area contributed by atoms with Crippen molar-refractivity contribution >= 4 is 33.8 Å². The predicted molar refractivity (Wildman–Crippen MR) is 77.0 cm³/mol. The van der Waals surface area contributed by atoms with E-state index in [1.807, 2.05) is 13.8 Å². The topological polar surface area (TPSA) is 63.4 Å². The van der Waals surface area contributed by atoms with Gasteiger partial charge in [0.25, 0.3) is 0 Å². The van der Waals surface area contributed by atoms with Gasteiger partial charge in [-0.25, -0.2) is 8.42 Å². The molecular formula is C11H19ClN2O2S2. The third kappa shape index (κ3) is 3.05. The average molecular weight is 311 g/mol. The lowest BCUT2D eigenvalue weighted by Crippen LogP contribution is -2.45. The largest absolute Gasteiger partial charge is 0.327 e. The first-order valence-electron chi connectivity index (χ1n) is 5.74. The van der Waals surface area contributed by atoms with Crippen molar-refractivity contribution in [2.24, 2.45) is 5.73 Å². The molecule has 1 aliphatic rings. The minimum atomic E-state index is -3.34. The zero-order valence-corrected chi connectivity index (χ0v) is 13.0. The number of rotatable bonds is 2. The van der Waals surface area contributed by atoms with Crippen LogP contribution in [0, 0.1) is 13.8 Å². The molecule has 1 aliphatic heterocycles. The molecule has 7 heteroatoms. The number of thiophene rings is 1. The highest BCUT2D eigenvalue weighted by Crippen LogP contribution is 2.28. The van der Waals surface area contributed by atoms with Crippen LogP contribution in [-0.2, 0) is 10.0 Å². The van der Waals surface area contributed by atoms with E-state index in [1.165, 1.54) is 15.6 Å². The van der Waals surface area contributed by atoms with Crippen molar-refractivity contribution in [3.63, 3.8) is 0 Å². The van der Waals surface area contributed by atoms with Gasteiger partial charge in [0, 0.05) is 28.9 Å². The molecular weight excluding hydrogens is 292 g/mol. The minimum absolute atomic E-state index is 0. The molecule has 0 unspecified atom stereocenters. The third-order valence-electron chi connectivity index (χ3n) is 3.03. The van der Waals surface area contributed by atoms with E-state index < -0.39 is 10.0 Å². The molecule has 18 heavy (non-hydrogen) atoms. The lowest BCUT2D eigenvalue weighted by Gasteiger charge is -2.29. The quantitative estimate of drug-likeness (QED) is 0.907. The summed E-state index contributed by atoms with van der Waals surface area (Å²) in [7, 11) is -3.34. The SMILES string of the molecule is Cc1cc(S(=O)(=O)N2CCC[C@@H](N)C2)c(C)s1.Cl. The van der Waals surface area contributed by atoms with Crippen LogP contribution in [-0.4, -0.2) is 31.9 Å². The van der Waals surface area contributed by atoms with Crippen LogP contribution in [0.15, 0.2) is 11.0 Å². The first-order chi connectivity index (χ1) is 7.91. The smallest absolute Gasteiger partial charge is 0.244 e. The fourth-order valence-corrected chi connectivity index (χ4v) is 5.25. The molecule has 0 amide bonds. The summed E-state index contributed by atoms with van der Waals surface area (Å²) in [4.78, 5) is 2.35. The van der Waals surface area contributed by atoms with E-state index in [-0.39, 0.29) is 18.4 Å². The fourth-order valence-electron chi connectivity index (χ4n) is 2.19. The molecule has 2 heterocycles. The van der Waals surface area contributed by atoms with Crippen LogP contribution < -0.4 is 5.73 Å². The molecule has 4 nitrogen and oxygen atoms in total. The summed E-state index contributed by atoms with van der Waals surface area (Å²) >= 11 is 1.52. The van der Waals surface area contributed by atoms with E-state index in [0.29, 0.717) is 18.0 Å². The van der Waals surface area contributed by atoms with Crippen LogP contribution in [0.2, 0.25) is 0 Å². The number of sulfonamides is 1. The van der Waals surface area contributed by atoms with Crippen LogP contribution in [0.3, 0.4) is 0 Å². The molecule has 1 aromatic heterocycles. The van der Waals surface area contributed by atoms with E-state index in [2.05, 4.69) is 0 Å². The van der Waals surface area contributed by atoms with Crippen molar-refractivity contribution in [3.05, 3.63) is 15.8 Å². The molecule has 0 saturated carbocycles. The Balaban J connectivity index is 0.00000162. The average Bonchev–Trinajstić information content (AvgIpc) is 2.58. The molecule has 0 spiro atoms. The van der Waals surface area contributed by atoms with Gasteiger partial charge in [0.1, 0.15) is 0 Å². The standard InChI is InChI=1S/C11H18N2O2S2.ClH/c1-8-6-11(9(2)16-8)17(14,15)13-5-3-4-10(12)7-13;/h6,10H,3-5,7,12H2,1-2H3;1H/t10-;/m1./s1. The maximum absolute atomic E-state index is 12.4. The summed E-state index contributed by atoms with van der Waals surface area (Å²) in [5.41, 5.74) is 5.84. The third-order valence-corrected chi connectivity index (χ3v) is 6.12. The second-order valence-electron chi connectivity index (χ2n) is 4.54. The molecule has 2 N–H and O–H groups in total. The summed E-state index contributed by atoms with van der Waals surface area (Å²) in [6.07, 6.45) is 1.76. The number of hydrogen-bond acceptors (Lipinski definition) is 4. The maximum atomic E-state index is 12.4. The molecule has 0 radical (unpaired) electrons. The van der Waals surface area contributed by atoms with E-state index in [0.717, 1.165) is 22.6 Å². The fraction of sp³-hybridized carbons (Fsp3) is 0.636. The molecule has 1 saturated heterocycles. The number of hydrogen-bond donors (Lipinski definition) is 1. The van der Waals surface area contributed by atoms with E-state index in [9.17, 15) is 8.42 Å². The van der Waals surface area contributed by atoms with Gasteiger partial charge in [0.15, 0.2) is 0 Å². The number of aryl methyl sites for hydroxylation is 2. The summed E-state index contributed by atoms with van der Waals surface area (Å²) in [5, 5.41) is 0. The molecule has 0 aliphatic carbocycles. The predicted octanol–water partition coefficient (Wildman–Crippen LogP) is 1.90. The normalized spacial score (nSPS) is 21.6. The Morgan fingerprint density at radius 3 is 2.61 bits per heavy atom. The van der Waals surface area contributed by atoms with Crippen molar-refractivity contribution < 1.29 is 8.42 Å². The lowest BCUT2D eigenvalue weighted by atomic mass is 10.1. The Morgan fingerprint density at radius 2 is 2.11 bits per heavy atom. The van der Waals surface area contributed by atoms with Crippen molar-refractivity contribution in [1.29, 1.82) is 0 Å². The first-order valence-corrected chi connectivity index (χ1v) is 7.99. The van der Waals surface area contributed by atoms with Crippen LogP contribution in [0.5, 0.6) is 0 Å². The zero-order chi connectivity index (χ0) is 12.6. The lowest BCUT2D eigenvalue weighted by molar-refractivity contribution is 0.316. The number of halogens is 1. The number of nitrogens with two attached hydrogens (primary N) is 1. The number of piperidine rings is 1. The van der Waals surface area contributed by atoms with Crippen LogP contribution in [0.1, 0.15) is 22.6 Å². The molecule has 1 atom stereocenters. The van der Waals surface area contributed by atoms with Crippen LogP contribution in [0.25, 0.3) is 0 Å². The van der Waals surface area contributed by atoms with E-state index in [4.69, 9.17) is 5.73 Å². The van der Waals surface area contributed by atoms with Crippen molar-refractivity contribution in [3.8, 4) is 0 Å². The van der Waals surface area contributed by atoms with Gasteiger partial charge < -0.3 is 5.73 Å². The second kappa shape index (κ2) is 5.88. The first kappa shape index (κ1) is 15.9. The summed E-state index contributed by atoms with van der Waals surface area (Å²) in [5.74, 6) is 0. The molecule has 104 valence electrons. The van der Waals surface area contributed by atoms with Gasteiger partial charge in [-0.1, -0.05) is 0 Å². The molecule has 1 aromatic rings. The van der Waals surface area contributed by atoms with Crippen molar-refractivity contribution in [2.75, 3.05) is 13.1 Å². The van der Waals surface area contributed by atoms with Gasteiger partial charge in [-0.3, -0.25) is 0 Å². The van der Waals surface area contributed by atoms with E-state index in [1.54, 1.807) is 6.07 Å². The highest BCUT2D eigenvalue weighted by molar-refractivity contribution is 7.89. The summed E-state index contributed by atoms with van der Waals surface area (Å²) < 4.78 is 26.4. The Morgan fingerprint density at radius 1 is 1.44 bits per heavy atom. The maximum Gasteiger partial charge on any atom is 0.244 e. The zero-order valence-electron chi connectivity index (χ0n) is 10.5. The van der Waals surface area contributed by atoms with Gasteiger partial charge in [-0.2, -0.15) is 4.31 Å². The van der Waals surface area contributed by atoms with Gasteiger partial charge >= 0.3 is 0 Å².